The van der Waals surface area contributed by atoms with Gasteiger partial charge in [-0.15, -0.1) is 18.3 Å². The fourth-order valence-corrected chi connectivity index (χ4v) is 3.28. The lowest BCUT2D eigenvalue weighted by Crippen LogP contribution is -2.36. The van der Waals surface area contributed by atoms with E-state index in [-0.39, 0.29) is 24.3 Å². The molecule has 1 heterocycles. The first-order valence-electron chi connectivity index (χ1n) is 7.16. The van der Waals surface area contributed by atoms with Crippen LogP contribution in [0.2, 0.25) is 0 Å². The molecule has 1 unspecified atom stereocenters. The van der Waals surface area contributed by atoms with Gasteiger partial charge >= 0.3 is 0 Å². The van der Waals surface area contributed by atoms with E-state index in [9.17, 15) is 9.59 Å². The Morgan fingerprint density at radius 3 is 2.81 bits per heavy atom. The van der Waals surface area contributed by atoms with Crippen LogP contribution in [-0.2, 0) is 9.59 Å². The third kappa shape index (κ3) is 2.97. The van der Waals surface area contributed by atoms with Crippen LogP contribution in [0.25, 0.3) is 0 Å². The zero-order valence-electron chi connectivity index (χ0n) is 11.7. The minimum Gasteiger partial charge on any atom is -0.372 e. The number of benzene rings is 1. The number of hydrogen-bond acceptors (Lipinski definition) is 4. The van der Waals surface area contributed by atoms with Crippen LogP contribution < -0.4 is 5.32 Å². The lowest BCUT2D eigenvalue weighted by Gasteiger charge is -2.17. The molecule has 2 aliphatic rings. The van der Waals surface area contributed by atoms with Crippen molar-refractivity contribution in [2.75, 3.05) is 11.1 Å². The molecule has 1 saturated heterocycles. The third-order valence-corrected chi connectivity index (χ3v) is 4.74. The molecular weight excluding hydrogens is 284 g/mol. The number of carbonyl (C=O) groups is 2. The van der Waals surface area contributed by atoms with Gasteiger partial charge in [-0.3, -0.25) is 14.5 Å². The molecule has 1 N–H and O–H groups in total. The maximum atomic E-state index is 12.3. The Kier molecular flexibility index (Phi) is 4.01. The molecule has 0 bridgehead atoms. The lowest BCUT2D eigenvalue weighted by molar-refractivity contribution is -0.139. The molecule has 1 aliphatic heterocycles. The number of hydrogen-bond donors (Lipinski definition) is 1. The van der Waals surface area contributed by atoms with Crippen LogP contribution in [0.4, 0.5) is 5.69 Å². The van der Waals surface area contributed by atoms with Crippen LogP contribution in [0.5, 0.6) is 0 Å². The third-order valence-electron chi connectivity index (χ3n) is 3.67. The van der Waals surface area contributed by atoms with Crippen molar-refractivity contribution in [3.05, 3.63) is 36.9 Å². The number of amides is 2. The van der Waals surface area contributed by atoms with Crippen LogP contribution in [-0.4, -0.2) is 34.6 Å². The molecule has 0 aromatic heterocycles. The molecule has 1 aliphatic carbocycles. The fraction of sp³-hybridized carbons (Fsp3) is 0.375. The molecule has 4 nitrogen and oxygen atoms in total. The van der Waals surface area contributed by atoms with Crippen molar-refractivity contribution < 1.29 is 9.59 Å². The van der Waals surface area contributed by atoms with Gasteiger partial charge < -0.3 is 5.32 Å². The summed E-state index contributed by atoms with van der Waals surface area (Å²) < 4.78 is 0. The monoisotopic (exact) mass is 302 g/mol. The summed E-state index contributed by atoms with van der Waals surface area (Å²) in [6.07, 6.45) is 4.02. The average Bonchev–Trinajstić information content (AvgIpc) is 3.26. The van der Waals surface area contributed by atoms with Gasteiger partial charge in [0.1, 0.15) is 6.04 Å². The van der Waals surface area contributed by atoms with E-state index < -0.39 is 6.04 Å². The second-order valence-electron chi connectivity index (χ2n) is 5.33. The molecule has 5 heteroatoms. The van der Waals surface area contributed by atoms with Crippen molar-refractivity contribution in [1.82, 2.24) is 4.90 Å². The molecule has 0 spiro atoms. The van der Waals surface area contributed by atoms with Crippen LogP contribution in [0.3, 0.4) is 0 Å². The quantitative estimate of drug-likeness (QED) is 0.498. The maximum Gasteiger partial charge on any atom is 0.252 e. The first-order valence-corrected chi connectivity index (χ1v) is 8.14. The first kappa shape index (κ1) is 14.2. The minimum absolute atomic E-state index is 0.0452. The van der Waals surface area contributed by atoms with Crippen molar-refractivity contribution in [3.8, 4) is 0 Å². The van der Waals surface area contributed by atoms with Crippen molar-refractivity contribution in [2.45, 2.75) is 36.2 Å². The number of thioether (sulfide) groups is 1. The highest BCUT2D eigenvalue weighted by atomic mass is 32.2. The Morgan fingerprint density at radius 1 is 1.33 bits per heavy atom. The van der Waals surface area contributed by atoms with Gasteiger partial charge in [-0.25, -0.2) is 0 Å². The smallest absolute Gasteiger partial charge is 0.252 e. The topological polar surface area (TPSA) is 49.4 Å². The molecule has 21 heavy (non-hydrogen) atoms. The zero-order valence-corrected chi connectivity index (χ0v) is 12.6. The summed E-state index contributed by atoms with van der Waals surface area (Å²) in [6, 6.07) is 7.58. The summed E-state index contributed by atoms with van der Waals surface area (Å²) in [5, 5.41) is 3.24. The molecule has 0 radical (unpaired) electrons. The summed E-state index contributed by atoms with van der Waals surface area (Å²) in [4.78, 5) is 26.8. The Labute approximate surface area is 128 Å². The Balaban J connectivity index is 1.73. The van der Waals surface area contributed by atoms with Crippen molar-refractivity contribution in [1.29, 1.82) is 0 Å². The van der Waals surface area contributed by atoms with Gasteiger partial charge in [0.2, 0.25) is 5.91 Å². The average molecular weight is 302 g/mol. The SMILES string of the molecule is C=CCSc1ccccc1NC1CC(=O)N(C2CC2)C1=O. The summed E-state index contributed by atoms with van der Waals surface area (Å²) >= 11 is 1.66. The molecule has 110 valence electrons. The van der Waals surface area contributed by atoms with Gasteiger partial charge in [0.25, 0.3) is 5.91 Å². The standard InChI is InChI=1S/C16H18N2O2S/c1-2-9-21-14-6-4-3-5-12(14)17-13-10-15(19)18(16(13)20)11-7-8-11/h2-6,11,13,17H,1,7-10H2. The van der Waals surface area contributed by atoms with E-state index in [0.29, 0.717) is 0 Å². The lowest BCUT2D eigenvalue weighted by atomic mass is 10.2. The molecule has 1 saturated carbocycles. The van der Waals surface area contributed by atoms with Crippen LogP contribution in [0, 0.1) is 0 Å². The van der Waals surface area contributed by atoms with Gasteiger partial charge in [-0.1, -0.05) is 18.2 Å². The number of nitrogens with one attached hydrogen (secondary N) is 1. The molecular formula is C16H18N2O2S. The van der Waals surface area contributed by atoms with Crippen molar-refractivity contribution >= 4 is 29.3 Å². The van der Waals surface area contributed by atoms with Crippen LogP contribution >= 0.6 is 11.8 Å². The molecule has 1 atom stereocenters. The fourth-order valence-electron chi connectivity index (χ4n) is 2.53. The highest BCUT2D eigenvalue weighted by Gasteiger charge is 2.46. The number of nitrogens with zero attached hydrogens (tertiary/aromatic N) is 1. The predicted molar refractivity (Wildman–Crippen MR) is 84.3 cm³/mol. The Morgan fingerprint density at radius 2 is 2.10 bits per heavy atom. The Bertz CT molecular complexity index is 583. The van der Waals surface area contributed by atoms with Gasteiger partial charge in [-0.05, 0) is 25.0 Å². The van der Waals surface area contributed by atoms with Gasteiger partial charge in [-0.2, -0.15) is 0 Å². The molecule has 2 fully saturated rings. The van der Waals surface area contributed by atoms with E-state index in [1.54, 1.807) is 11.8 Å². The minimum atomic E-state index is -0.427. The first-order chi connectivity index (χ1) is 10.2. The zero-order chi connectivity index (χ0) is 14.8. The highest BCUT2D eigenvalue weighted by Crippen LogP contribution is 2.34. The van der Waals surface area contributed by atoms with Gasteiger partial charge in [0.15, 0.2) is 0 Å². The van der Waals surface area contributed by atoms with E-state index in [4.69, 9.17) is 0 Å². The second kappa shape index (κ2) is 5.93. The summed E-state index contributed by atoms with van der Waals surface area (Å²) in [7, 11) is 0. The molecule has 1 aromatic rings. The van der Waals surface area contributed by atoms with Crippen LogP contribution in [0.1, 0.15) is 19.3 Å². The van der Waals surface area contributed by atoms with E-state index in [2.05, 4.69) is 11.9 Å². The van der Waals surface area contributed by atoms with E-state index >= 15 is 0 Å². The second-order valence-corrected chi connectivity index (χ2v) is 6.39. The largest absolute Gasteiger partial charge is 0.372 e. The predicted octanol–water partition coefficient (Wildman–Crippen LogP) is 2.67. The Hall–Kier alpha value is -1.75. The van der Waals surface area contributed by atoms with E-state index in [0.717, 1.165) is 29.2 Å². The van der Waals surface area contributed by atoms with E-state index in [1.807, 2.05) is 30.3 Å². The number of likely N-dealkylation sites (tertiary alicyclic amines) is 1. The summed E-state index contributed by atoms with van der Waals surface area (Å²) in [6.45, 7) is 3.72. The molecule has 1 aromatic carbocycles. The number of rotatable bonds is 6. The number of imide groups is 1. The summed E-state index contributed by atoms with van der Waals surface area (Å²) in [5.74, 6) is 0.687. The number of carbonyl (C=O) groups excluding carboxylic acids is 2. The van der Waals surface area contributed by atoms with Crippen molar-refractivity contribution in [2.24, 2.45) is 0 Å². The van der Waals surface area contributed by atoms with Gasteiger partial charge in [0.05, 0.1) is 6.42 Å². The van der Waals surface area contributed by atoms with Crippen LogP contribution in [0.15, 0.2) is 41.8 Å². The van der Waals surface area contributed by atoms with Gasteiger partial charge in [0, 0.05) is 22.4 Å². The molecule has 3 rings (SSSR count). The summed E-state index contributed by atoms with van der Waals surface area (Å²) in [5.41, 5.74) is 0.910. The number of para-hydroxylation sites is 1. The highest BCUT2D eigenvalue weighted by molar-refractivity contribution is 7.99. The van der Waals surface area contributed by atoms with Crippen molar-refractivity contribution in [3.63, 3.8) is 0 Å². The maximum absolute atomic E-state index is 12.3. The molecule has 2 amide bonds. The van der Waals surface area contributed by atoms with E-state index in [1.165, 1.54) is 4.90 Å². The number of anilines is 1. The normalized spacial score (nSPS) is 21.7.